The van der Waals surface area contributed by atoms with Gasteiger partial charge in [0.1, 0.15) is 18.7 Å². The zero-order valence-corrected chi connectivity index (χ0v) is 19.8. The molecule has 2 aromatic rings. The molecule has 2 aliphatic rings. The number of benzene rings is 2. The van der Waals surface area contributed by atoms with Gasteiger partial charge in [0.25, 0.3) is 0 Å². The number of alkyl carbamates (subject to hydrolysis) is 1. The molecular formula is C27H32N2O5. The van der Waals surface area contributed by atoms with Crippen molar-refractivity contribution in [1.29, 1.82) is 0 Å². The lowest BCUT2D eigenvalue weighted by Gasteiger charge is -2.35. The summed E-state index contributed by atoms with van der Waals surface area (Å²) in [7, 11) is 0. The third-order valence-electron chi connectivity index (χ3n) is 6.92. The number of carbonyl (C=O) groups is 3. The van der Waals surface area contributed by atoms with Crippen LogP contribution in [0.4, 0.5) is 4.79 Å². The zero-order chi connectivity index (χ0) is 24.5. The Kier molecular flexibility index (Phi) is 6.64. The molecule has 2 aliphatic carbocycles. The molecule has 3 N–H and O–H groups in total. The van der Waals surface area contributed by atoms with Gasteiger partial charge in [-0.3, -0.25) is 4.79 Å². The SMILES string of the molecule is CC(C)(C)[C@H](NC(=O)OCC1c2ccccc2-c2ccccc21)C(=O)NC(C(=O)O)C1CCC1. The third-order valence-corrected chi connectivity index (χ3v) is 6.92. The van der Waals surface area contributed by atoms with E-state index in [-0.39, 0.29) is 18.4 Å². The minimum Gasteiger partial charge on any atom is -0.480 e. The molecule has 0 spiro atoms. The van der Waals surface area contributed by atoms with Gasteiger partial charge < -0.3 is 20.5 Å². The summed E-state index contributed by atoms with van der Waals surface area (Å²) in [5, 5.41) is 14.9. The highest BCUT2D eigenvalue weighted by Gasteiger charge is 2.39. The van der Waals surface area contributed by atoms with Crippen molar-refractivity contribution in [1.82, 2.24) is 10.6 Å². The van der Waals surface area contributed by atoms with Crippen molar-refractivity contribution in [3.05, 3.63) is 59.7 Å². The Labute approximate surface area is 199 Å². The van der Waals surface area contributed by atoms with Gasteiger partial charge in [0.05, 0.1) is 0 Å². The average Bonchev–Trinajstić information content (AvgIpc) is 3.07. The van der Waals surface area contributed by atoms with Gasteiger partial charge in [-0.1, -0.05) is 75.7 Å². The van der Waals surface area contributed by atoms with Crippen LogP contribution in [0.25, 0.3) is 11.1 Å². The van der Waals surface area contributed by atoms with Crippen molar-refractivity contribution >= 4 is 18.0 Å². The lowest BCUT2D eigenvalue weighted by Crippen LogP contribution is -2.58. The number of hydrogen-bond donors (Lipinski definition) is 3. The predicted molar refractivity (Wildman–Crippen MR) is 128 cm³/mol. The molecule has 34 heavy (non-hydrogen) atoms. The van der Waals surface area contributed by atoms with Crippen LogP contribution in [0.5, 0.6) is 0 Å². The molecule has 0 radical (unpaired) electrons. The zero-order valence-electron chi connectivity index (χ0n) is 19.8. The molecule has 0 aliphatic heterocycles. The highest BCUT2D eigenvalue weighted by atomic mass is 16.5. The molecule has 1 saturated carbocycles. The number of ether oxygens (including phenoxy) is 1. The summed E-state index contributed by atoms with van der Waals surface area (Å²) in [5.74, 6) is -1.72. The second-order valence-electron chi connectivity index (χ2n) is 10.3. The van der Waals surface area contributed by atoms with Crippen LogP contribution in [-0.4, -0.2) is 41.8 Å². The molecule has 4 rings (SSSR count). The van der Waals surface area contributed by atoms with Crippen LogP contribution in [0, 0.1) is 11.3 Å². The Morgan fingerprint density at radius 3 is 2.00 bits per heavy atom. The van der Waals surface area contributed by atoms with Crippen LogP contribution in [-0.2, 0) is 14.3 Å². The van der Waals surface area contributed by atoms with Crippen LogP contribution in [0.1, 0.15) is 57.1 Å². The first-order valence-corrected chi connectivity index (χ1v) is 11.8. The monoisotopic (exact) mass is 464 g/mol. The van der Waals surface area contributed by atoms with E-state index in [2.05, 4.69) is 22.8 Å². The number of nitrogens with one attached hydrogen (secondary N) is 2. The highest BCUT2D eigenvalue weighted by Crippen LogP contribution is 2.44. The van der Waals surface area contributed by atoms with E-state index in [9.17, 15) is 19.5 Å². The first-order chi connectivity index (χ1) is 16.2. The Morgan fingerprint density at radius 1 is 0.971 bits per heavy atom. The van der Waals surface area contributed by atoms with E-state index in [0.717, 1.165) is 41.5 Å². The third kappa shape index (κ3) is 4.79. The Hall–Kier alpha value is -3.35. The standard InChI is InChI=1S/C27H32N2O5/c1-27(2,3)23(24(30)28-22(25(31)32)16-9-8-10-16)29-26(33)34-15-21-19-13-6-4-11-17(19)18-12-5-7-14-20(18)21/h4-7,11-14,16,21-23H,8-10,15H2,1-3H3,(H,28,30)(H,29,33)(H,31,32)/t22?,23-/m1/s1. The summed E-state index contributed by atoms with van der Waals surface area (Å²) < 4.78 is 5.60. The molecule has 2 atom stereocenters. The molecule has 7 nitrogen and oxygen atoms in total. The first kappa shape index (κ1) is 23.8. The maximum absolute atomic E-state index is 13.0. The lowest BCUT2D eigenvalue weighted by atomic mass is 9.79. The van der Waals surface area contributed by atoms with Crippen molar-refractivity contribution in [3.63, 3.8) is 0 Å². The van der Waals surface area contributed by atoms with E-state index in [1.54, 1.807) is 0 Å². The number of amides is 2. The van der Waals surface area contributed by atoms with E-state index in [1.165, 1.54) is 0 Å². The number of aliphatic carboxylic acids is 1. The second-order valence-corrected chi connectivity index (χ2v) is 10.3. The number of fused-ring (bicyclic) bond motifs is 3. The number of carbonyl (C=O) groups excluding carboxylic acids is 2. The molecule has 2 aromatic carbocycles. The predicted octanol–water partition coefficient (Wildman–Crippen LogP) is 4.31. The minimum absolute atomic E-state index is 0.0727. The van der Waals surface area contributed by atoms with Crippen LogP contribution >= 0.6 is 0 Å². The summed E-state index contributed by atoms with van der Waals surface area (Å²) in [4.78, 5) is 37.5. The molecule has 0 saturated heterocycles. The number of hydrogen-bond acceptors (Lipinski definition) is 4. The molecule has 180 valence electrons. The van der Waals surface area contributed by atoms with E-state index in [1.807, 2.05) is 57.2 Å². The quantitative estimate of drug-likeness (QED) is 0.566. The van der Waals surface area contributed by atoms with Gasteiger partial charge in [0.15, 0.2) is 0 Å². The summed E-state index contributed by atoms with van der Waals surface area (Å²) >= 11 is 0. The fourth-order valence-electron chi connectivity index (χ4n) is 4.82. The van der Waals surface area contributed by atoms with Crippen LogP contribution in [0.2, 0.25) is 0 Å². The van der Waals surface area contributed by atoms with Gasteiger partial charge in [-0.05, 0) is 46.4 Å². The van der Waals surface area contributed by atoms with Crippen molar-refractivity contribution < 1.29 is 24.2 Å². The minimum atomic E-state index is -1.05. The smallest absolute Gasteiger partial charge is 0.407 e. The van der Waals surface area contributed by atoms with Crippen molar-refractivity contribution in [3.8, 4) is 11.1 Å². The topological polar surface area (TPSA) is 105 Å². The molecule has 7 heteroatoms. The highest BCUT2D eigenvalue weighted by molar-refractivity contribution is 5.90. The maximum Gasteiger partial charge on any atom is 0.407 e. The lowest BCUT2D eigenvalue weighted by molar-refractivity contribution is -0.145. The van der Waals surface area contributed by atoms with Crippen LogP contribution < -0.4 is 10.6 Å². The van der Waals surface area contributed by atoms with Crippen molar-refractivity contribution in [2.75, 3.05) is 6.61 Å². The normalized spacial score (nSPS) is 17.0. The van der Waals surface area contributed by atoms with E-state index >= 15 is 0 Å². The molecule has 1 unspecified atom stereocenters. The summed E-state index contributed by atoms with van der Waals surface area (Å²) in [6.07, 6.45) is 1.81. The van der Waals surface area contributed by atoms with Crippen LogP contribution in [0.15, 0.2) is 48.5 Å². The first-order valence-electron chi connectivity index (χ1n) is 11.8. The fraction of sp³-hybridized carbons (Fsp3) is 0.444. The molecule has 0 bridgehead atoms. The van der Waals surface area contributed by atoms with Crippen molar-refractivity contribution in [2.24, 2.45) is 11.3 Å². The second kappa shape index (κ2) is 9.49. The largest absolute Gasteiger partial charge is 0.480 e. The maximum atomic E-state index is 13.0. The van der Waals surface area contributed by atoms with Gasteiger partial charge in [-0.2, -0.15) is 0 Å². The van der Waals surface area contributed by atoms with Gasteiger partial charge in [-0.25, -0.2) is 9.59 Å². The van der Waals surface area contributed by atoms with Crippen LogP contribution in [0.3, 0.4) is 0 Å². The molecule has 1 fully saturated rings. The van der Waals surface area contributed by atoms with Gasteiger partial charge in [-0.15, -0.1) is 0 Å². The number of carboxylic acid groups (broad SMARTS) is 1. The number of carboxylic acids is 1. The molecular weight excluding hydrogens is 432 g/mol. The number of rotatable bonds is 7. The van der Waals surface area contributed by atoms with Gasteiger partial charge in [0.2, 0.25) is 5.91 Å². The summed E-state index contributed by atoms with van der Waals surface area (Å²) in [5.41, 5.74) is 3.83. The van der Waals surface area contributed by atoms with E-state index in [4.69, 9.17) is 4.74 Å². The van der Waals surface area contributed by atoms with E-state index in [0.29, 0.717) is 0 Å². The Bertz CT molecular complexity index is 1040. The Morgan fingerprint density at radius 2 is 1.53 bits per heavy atom. The summed E-state index contributed by atoms with van der Waals surface area (Å²) in [6.45, 7) is 5.60. The molecule has 0 aromatic heterocycles. The van der Waals surface area contributed by atoms with Crippen molar-refractivity contribution in [2.45, 2.75) is 58.0 Å². The molecule has 0 heterocycles. The van der Waals surface area contributed by atoms with E-state index < -0.39 is 35.5 Å². The summed E-state index contributed by atoms with van der Waals surface area (Å²) in [6, 6.07) is 14.2. The molecule has 2 amide bonds. The fourth-order valence-corrected chi connectivity index (χ4v) is 4.82. The van der Waals surface area contributed by atoms with Gasteiger partial charge in [0, 0.05) is 5.92 Å². The van der Waals surface area contributed by atoms with Gasteiger partial charge >= 0.3 is 12.1 Å². The Balaban J connectivity index is 1.43. The average molecular weight is 465 g/mol.